The van der Waals surface area contributed by atoms with Crippen LogP contribution in [0.2, 0.25) is 0 Å². The van der Waals surface area contributed by atoms with Gasteiger partial charge in [-0.05, 0) is 75.4 Å². The van der Waals surface area contributed by atoms with Crippen molar-refractivity contribution < 1.29 is 4.79 Å². The molecule has 1 saturated heterocycles. The van der Waals surface area contributed by atoms with Gasteiger partial charge in [-0.25, -0.2) is 9.98 Å². The van der Waals surface area contributed by atoms with Gasteiger partial charge in [0.05, 0.1) is 20.8 Å². The van der Waals surface area contributed by atoms with E-state index in [1.54, 1.807) is 18.3 Å². The standard InChI is InChI=1S/C24H25ClN6OS/c1-16(25)22(28-19-10-11-20-21(14-19)33-15-27-20)30-24(26-2)29-18-8-6-17(7-9-18)23(32)31-12-4-3-5-13-31/h6-11,14-15,28H,2-5,12-13H2,1H3,(H,29,30)/b22-16+. The van der Waals surface area contributed by atoms with Crippen molar-refractivity contribution in [2.24, 2.45) is 9.98 Å². The number of halogens is 1. The maximum Gasteiger partial charge on any atom is 0.253 e. The maximum atomic E-state index is 12.7. The van der Waals surface area contributed by atoms with Crippen LogP contribution in [-0.4, -0.2) is 41.6 Å². The third kappa shape index (κ3) is 5.77. The lowest BCUT2D eigenvalue weighted by Crippen LogP contribution is -2.35. The fraction of sp³-hybridized carbons (Fsp3) is 0.250. The third-order valence-corrected chi connectivity index (χ3v) is 6.29. The summed E-state index contributed by atoms with van der Waals surface area (Å²) in [5.41, 5.74) is 5.01. The van der Waals surface area contributed by atoms with E-state index in [0.29, 0.717) is 16.4 Å². The van der Waals surface area contributed by atoms with Crippen LogP contribution in [-0.2, 0) is 0 Å². The van der Waals surface area contributed by atoms with Crippen LogP contribution in [0.1, 0.15) is 36.5 Å². The normalized spacial score (nSPS) is 15.2. The Bertz CT molecular complexity index is 1210. The van der Waals surface area contributed by atoms with Gasteiger partial charge >= 0.3 is 0 Å². The Morgan fingerprint density at radius 3 is 2.52 bits per heavy atom. The molecule has 1 aromatic heterocycles. The van der Waals surface area contributed by atoms with Crippen molar-refractivity contribution in [2.45, 2.75) is 26.2 Å². The van der Waals surface area contributed by atoms with Crippen molar-refractivity contribution in [1.29, 1.82) is 0 Å². The van der Waals surface area contributed by atoms with Gasteiger partial charge in [0.1, 0.15) is 5.82 Å². The van der Waals surface area contributed by atoms with Gasteiger partial charge in [-0.1, -0.05) is 11.6 Å². The molecule has 2 N–H and O–H groups in total. The smallest absolute Gasteiger partial charge is 0.253 e. The summed E-state index contributed by atoms with van der Waals surface area (Å²) in [4.78, 5) is 27.4. The number of hydrogen-bond acceptors (Lipinski definition) is 5. The number of allylic oxidation sites excluding steroid dienone is 1. The number of fused-ring (bicyclic) bond motifs is 1. The number of hydrogen-bond donors (Lipinski definition) is 2. The van der Waals surface area contributed by atoms with E-state index < -0.39 is 0 Å². The summed E-state index contributed by atoms with van der Waals surface area (Å²) in [6.07, 6.45) is 3.33. The average molecular weight is 481 g/mol. The monoisotopic (exact) mass is 480 g/mol. The number of carbonyl (C=O) groups is 1. The van der Waals surface area contributed by atoms with E-state index in [-0.39, 0.29) is 11.9 Å². The molecule has 3 aromatic rings. The zero-order chi connectivity index (χ0) is 23.2. The van der Waals surface area contributed by atoms with Gasteiger partial charge in [0, 0.05) is 30.0 Å². The fourth-order valence-corrected chi connectivity index (χ4v) is 4.38. The number of rotatable bonds is 5. The summed E-state index contributed by atoms with van der Waals surface area (Å²) in [6, 6.07) is 13.1. The molecular weight excluding hydrogens is 456 g/mol. The minimum atomic E-state index is 0.0714. The topological polar surface area (TPSA) is 82.0 Å². The van der Waals surface area contributed by atoms with Gasteiger partial charge in [-0.3, -0.25) is 4.79 Å². The molecule has 1 aliphatic heterocycles. The number of guanidine groups is 1. The molecular formula is C24H25ClN6OS. The molecule has 0 unspecified atom stereocenters. The van der Waals surface area contributed by atoms with Crippen LogP contribution in [0.5, 0.6) is 0 Å². The van der Waals surface area contributed by atoms with Gasteiger partial charge in [0.2, 0.25) is 5.96 Å². The second-order valence-corrected chi connectivity index (χ2v) is 9.14. The SMILES string of the molecule is C=NC(=N/C(Nc1ccc2ncsc2c1)=C(\C)Cl)Nc1ccc(C(=O)N2CCCCC2)cc1. The van der Waals surface area contributed by atoms with Gasteiger partial charge in [-0.2, -0.15) is 4.99 Å². The van der Waals surface area contributed by atoms with Gasteiger partial charge in [0.15, 0.2) is 0 Å². The molecule has 0 spiro atoms. The summed E-state index contributed by atoms with van der Waals surface area (Å²) in [5.74, 6) is 0.806. The zero-order valence-corrected chi connectivity index (χ0v) is 19.9. The molecule has 1 amide bonds. The van der Waals surface area contributed by atoms with Crippen LogP contribution in [0.25, 0.3) is 10.2 Å². The number of thiazole rings is 1. The van der Waals surface area contributed by atoms with Crippen LogP contribution in [0.15, 0.2) is 68.8 Å². The second-order valence-electron chi connectivity index (χ2n) is 7.69. The third-order valence-electron chi connectivity index (χ3n) is 5.32. The number of benzene rings is 2. The molecule has 170 valence electrons. The van der Waals surface area contributed by atoms with Gasteiger partial charge in [-0.15, -0.1) is 11.3 Å². The fourth-order valence-electron chi connectivity index (χ4n) is 3.57. The van der Waals surface area contributed by atoms with E-state index in [0.717, 1.165) is 47.5 Å². The number of aromatic nitrogens is 1. The molecule has 2 aromatic carbocycles. The Morgan fingerprint density at radius 1 is 1.09 bits per heavy atom. The number of amides is 1. The lowest BCUT2D eigenvalue weighted by Gasteiger charge is -2.26. The molecule has 4 rings (SSSR count). The predicted octanol–water partition coefficient (Wildman–Crippen LogP) is 5.93. The van der Waals surface area contributed by atoms with Crippen molar-refractivity contribution in [2.75, 3.05) is 23.7 Å². The van der Waals surface area contributed by atoms with E-state index in [1.165, 1.54) is 6.42 Å². The number of piperidine rings is 1. The predicted molar refractivity (Wildman–Crippen MR) is 139 cm³/mol. The number of carbonyl (C=O) groups excluding carboxylic acids is 1. The molecule has 33 heavy (non-hydrogen) atoms. The highest BCUT2D eigenvalue weighted by molar-refractivity contribution is 7.16. The Balaban J connectivity index is 1.47. The quantitative estimate of drug-likeness (QED) is 0.350. The van der Waals surface area contributed by atoms with Crippen LogP contribution in [0.3, 0.4) is 0 Å². The largest absolute Gasteiger partial charge is 0.339 e. The van der Waals surface area contributed by atoms with Crippen molar-refractivity contribution in [3.05, 3.63) is 64.4 Å². The number of nitrogens with one attached hydrogen (secondary N) is 2. The molecule has 2 heterocycles. The highest BCUT2D eigenvalue weighted by atomic mass is 35.5. The highest BCUT2D eigenvalue weighted by Gasteiger charge is 2.18. The Labute approximate surface area is 201 Å². The second kappa shape index (κ2) is 10.6. The molecule has 9 heteroatoms. The van der Waals surface area contributed by atoms with Crippen molar-refractivity contribution in [3.8, 4) is 0 Å². The van der Waals surface area contributed by atoms with E-state index in [1.807, 2.05) is 52.9 Å². The van der Waals surface area contributed by atoms with Crippen LogP contribution in [0, 0.1) is 0 Å². The Hall–Kier alpha value is -3.23. The first kappa shape index (κ1) is 22.9. The van der Waals surface area contributed by atoms with E-state index in [4.69, 9.17) is 11.6 Å². The highest BCUT2D eigenvalue weighted by Crippen LogP contribution is 2.24. The van der Waals surface area contributed by atoms with Gasteiger partial charge < -0.3 is 15.5 Å². The number of anilines is 2. The molecule has 0 aliphatic carbocycles. The number of aliphatic imine (C=N–C) groups is 2. The molecule has 7 nitrogen and oxygen atoms in total. The summed E-state index contributed by atoms with van der Waals surface area (Å²) >= 11 is 7.86. The average Bonchev–Trinajstić information content (AvgIpc) is 3.31. The Kier molecular flexibility index (Phi) is 7.36. The molecule has 0 atom stereocenters. The van der Waals surface area contributed by atoms with Crippen LogP contribution < -0.4 is 10.6 Å². The number of nitrogens with zero attached hydrogens (tertiary/aromatic N) is 4. The Morgan fingerprint density at radius 2 is 1.82 bits per heavy atom. The first-order valence-corrected chi connectivity index (χ1v) is 12.0. The minimum Gasteiger partial charge on any atom is -0.339 e. The van der Waals surface area contributed by atoms with Crippen molar-refractivity contribution in [3.63, 3.8) is 0 Å². The van der Waals surface area contributed by atoms with Crippen LogP contribution >= 0.6 is 22.9 Å². The molecule has 0 bridgehead atoms. The van der Waals surface area contributed by atoms with E-state index >= 15 is 0 Å². The first-order chi connectivity index (χ1) is 16.0. The summed E-state index contributed by atoms with van der Waals surface area (Å²) < 4.78 is 1.06. The molecule has 0 radical (unpaired) electrons. The molecule has 1 fully saturated rings. The first-order valence-electron chi connectivity index (χ1n) is 10.7. The lowest BCUT2D eigenvalue weighted by molar-refractivity contribution is 0.0724. The molecule has 1 aliphatic rings. The number of likely N-dealkylation sites (tertiary alicyclic amines) is 1. The minimum absolute atomic E-state index is 0.0714. The van der Waals surface area contributed by atoms with Crippen molar-refractivity contribution in [1.82, 2.24) is 9.88 Å². The molecule has 0 saturated carbocycles. The van der Waals surface area contributed by atoms with E-state index in [9.17, 15) is 4.79 Å². The summed E-state index contributed by atoms with van der Waals surface area (Å²) in [5, 5.41) is 6.84. The maximum absolute atomic E-state index is 12.7. The summed E-state index contributed by atoms with van der Waals surface area (Å²) in [7, 11) is 0. The van der Waals surface area contributed by atoms with E-state index in [2.05, 4.69) is 32.3 Å². The summed E-state index contributed by atoms with van der Waals surface area (Å²) in [6.45, 7) is 7.01. The zero-order valence-electron chi connectivity index (χ0n) is 18.3. The van der Waals surface area contributed by atoms with Gasteiger partial charge in [0.25, 0.3) is 5.91 Å². The lowest BCUT2D eigenvalue weighted by atomic mass is 10.1. The van der Waals surface area contributed by atoms with Crippen molar-refractivity contribution >= 4 is 63.1 Å². The van der Waals surface area contributed by atoms with Crippen LogP contribution in [0.4, 0.5) is 11.4 Å².